The van der Waals surface area contributed by atoms with Crippen molar-refractivity contribution in [3.05, 3.63) is 70.5 Å². The number of carboxylic acids is 1. The van der Waals surface area contributed by atoms with E-state index < -0.39 is 5.97 Å². The highest BCUT2D eigenvalue weighted by Crippen LogP contribution is 2.30. The number of hydrogen-bond donors (Lipinski definition) is 3. The van der Waals surface area contributed by atoms with Gasteiger partial charge in [0.05, 0.1) is 11.6 Å². The van der Waals surface area contributed by atoms with Crippen molar-refractivity contribution in [2.75, 3.05) is 0 Å². The van der Waals surface area contributed by atoms with E-state index in [-0.39, 0.29) is 30.0 Å². The second-order valence-corrected chi connectivity index (χ2v) is 6.12. The molecule has 3 N–H and O–H groups in total. The highest BCUT2D eigenvalue weighted by Gasteiger charge is 2.22. The van der Waals surface area contributed by atoms with Crippen LogP contribution in [0.15, 0.2) is 42.5 Å². The molecule has 0 bridgehead atoms. The smallest absolute Gasteiger partial charge is 0.335 e. The maximum Gasteiger partial charge on any atom is 0.335 e. The molecule has 3 rings (SSSR count). The molecule has 0 spiro atoms. The van der Waals surface area contributed by atoms with E-state index in [0.717, 1.165) is 36.0 Å². The van der Waals surface area contributed by atoms with Gasteiger partial charge in [-0.15, -0.1) is 0 Å². The lowest BCUT2D eigenvalue weighted by Gasteiger charge is -2.26. The molecule has 2 aromatic carbocycles. The number of hydrogen-bond acceptors (Lipinski definition) is 2. The van der Waals surface area contributed by atoms with Gasteiger partial charge in [0.1, 0.15) is 5.82 Å². The van der Waals surface area contributed by atoms with Crippen molar-refractivity contribution in [1.29, 1.82) is 0 Å². The van der Waals surface area contributed by atoms with Crippen LogP contribution in [-0.4, -0.2) is 17.1 Å². The van der Waals surface area contributed by atoms with Gasteiger partial charge in [0, 0.05) is 6.54 Å². The molecule has 0 saturated heterocycles. The Labute approximate surface area is 144 Å². The van der Waals surface area contributed by atoms with Crippen LogP contribution in [0, 0.1) is 5.82 Å². The SMILES string of the molecule is O=C(NCc1ccc(C(=O)O)cc1)N[C@@H]1CCCc2ccc(F)cc21. The zero-order valence-electron chi connectivity index (χ0n) is 13.6. The topological polar surface area (TPSA) is 78.4 Å². The van der Waals surface area contributed by atoms with Crippen LogP contribution in [-0.2, 0) is 13.0 Å². The van der Waals surface area contributed by atoms with Crippen LogP contribution in [0.1, 0.15) is 45.9 Å². The number of halogens is 1. The number of fused-ring (bicyclic) bond motifs is 1. The molecule has 25 heavy (non-hydrogen) atoms. The van der Waals surface area contributed by atoms with Gasteiger partial charge in [0.25, 0.3) is 0 Å². The molecule has 2 amide bonds. The van der Waals surface area contributed by atoms with Gasteiger partial charge in [-0.05, 0) is 60.2 Å². The minimum atomic E-state index is -0.986. The van der Waals surface area contributed by atoms with Crippen LogP contribution < -0.4 is 10.6 Å². The second kappa shape index (κ2) is 7.34. The molecule has 1 aliphatic carbocycles. The number of carbonyl (C=O) groups excluding carboxylic acids is 1. The number of aromatic carboxylic acids is 1. The lowest BCUT2D eigenvalue weighted by molar-refractivity contribution is 0.0697. The van der Waals surface area contributed by atoms with Gasteiger partial charge in [-0.3, -0.25) is 0 Å². The van der Waals surface area contributed by atoms with Crippen LogP contribution in [0.2, 0.25) is 0 Å². The fraction of sp³-hybridized carbons (Fsp3) is 0.263. The Balaban J connectivity index is 1.58. The molecule has 0 aromatic heterocycles. The third kappa shape index (κ3) is 4.15. The second-order valence-electron chi connectivity index (χ2n) is 6.12. The van der Waals surface area contributed by atoms with Crippen molar-refractivity contribution in [2.45, 2.75) is 31.8 Å². The van der Waals surface area contributed by atoms with Gasteiger partial charge in [0.15, 0.2) is 0 Å². The molecule has 0 fully saturated rings. The van der Waals surface area contributed by atoms with E-state index in [1.54, 1.807) is 18.2 Å². The highest BCUT2D eigenvalue weighted by atomic mass is 19.1. The first-order valence-corrected chi connectivity index (χ1v) is 8.18. The Kier molecular flexibility index (Phi) is 4.97. The van der Waals surface area contributed by atoms with Crippen LogP contribution in [0.25, 0.3) is 0 Å². The number of aryl methyl sites for hydroxylation is 1. The fourth-order valence-electron chi connectivity index (χ4n) is 3.08. The van der Waals surface area contributed by atoms with Crippen LogP contribution in [0.5, 0.6) is 0 Å². The average Bonchev–Trinajstić information content (AvgIpc) is 2.61. The monoisotopic (exact) mass is 342 g/mol. The molecule has 0 heterocycles. The van der Waals surface area contributed by atoms with E-state index in [9.17, 15) is 14.0 Å². The first-order valence-electron chi connectivity index (χ1n) is 8.18. The van der Waals surface area contributed by atoms with Crippen molar-refractivity contribution in [2.24, 2.45) is 0 Å². The molecule has 130 valence electrons. The molecule has 2 aromatic rings. The van der Waals surface area contributed by atoms with Crippen molar-refractivity contribution in [3.8, 4) is 0 Å². The Bertz CT molecular complexity index is 790. The van der Waals surface area contributed by atoms with Crippen molar-refractivity contribution < 1.29 is 19.1 Å². The number of nitrogens with one attached hydrogen (secondary N) is 2. The summed E-state index contributed by atoms with van der Waals surface area (Å²) in [5.41, 5.74) is 2.92. The first kappa shape index (κ1) is 17.0. The number of rotatable bonds is 4. The summed E-state index contributed by atoms with van der Waals surface area (Å²) in [5.74, 6) is -1.29. The maximum absolute atomic E-state index is 13.5. The van der Waals surface area contributed by atoms with Gasteiger partial charge in [0.2, 0.25) is 0 Å². The van der Waals surface area contributed by atoms with E-state index in [0.29, 0.717) is 0 Å². The van der Waals surface area contributed by atoms with Crippen molar-refractivity contribution in [3.63, 3.8) is 0 Å². The van der Waals surface area contributed by atoms with E-state index in [1.807, 2.05) is 0 Å². The number of amides is 2. The molecular weight excluding hydrogens is 323 g/mol. The number of carboxylic acid groups (broad SMARTS) is 1. The van der Waals surface area contributed by atoms with Gasteiger partial charge in [-0.1, -0.05) is 18.2 Å². The first-order chi connectivity index (χ1) is 12.0. The predicted octanol–water partition coefficient (Wildman–Crippen LogP) is 3.40. The summed E-state index contributed by atoms with van der Waals surface area (Å²) < 4.78 is 13.5. The van der Waals surface area contributed by atoms with Gasteiger partial charge in [-0.2, -0.15) is 0 Å². The van der Waals surface area contributed by atoms with Crippen molar-refractivity contribution >= 4 is 12.0 Å². The largest absolute Gasteiger partial charge is 0.478 e. The molecule has 0 aliphatic heterocycles. The summed E-state index contributed by atoms with van der Waals surface area (Å²) in [7, 11) is 0. The maximum atomic E-state index is 13.5. The fourth-order valence-corrected chi connectivity index (χ4v) is 3.08. The van der Waals surface area contributed by atoms with Gasteiger partial charge in [-0.25, -0.2) is 14.0 Å². The summed E-state index contributed by atoms with van der Waals surface area (Å²) in [5, 5.41) is 14.5. The Morgan fingerprint density at radius 3 is 2.64 bits per heavy atom. The molecule has 6 heteroatoms. The third-order valence-corrected chi connectivity index (χ3v) is 4.38. The van der Waals surface area contributed by atoms with Gasteiger partial charge < -0.3 is 15.7 Å². The Hall–Kier alpha value is -2.89. The number of benzene rings is 2. The van der Waals surface area contributed by atoms with Crippen molar-refractivity contribution in [1.82, 2.24) is 10.6 Å². The zero-order chi connectivity index (χ0) is 17.8. The van der Waals surface area contributed by atoms with E-state index >= 15 is 0 Å². The highest BCUT2D eigenvalue weighted by molar-refractivity contribution is 5.87. The lowest BCUT2D eigenvalue weighted by Crippen LogP contribution is -2.38. The number of carbonyl (C=O) groups is 2. The summed E-state index contributed by atoms with van der Waals surface area (Å²) in [4.78, 5) is 23.0. The zero-order valence-corrected chi connectivity index (χ0v) is 13.6. The van der Waals surface area contributed by atoms with Gasteiger partial charge >= 0.3 is 12.0 Å². The molecule has 5 nitrogen and oxygen atoms in total. The average molecular weight is 342 g/mol. The quantitative estimate of drug-likeness (QED) is 0.797. The molecule has 0 radical (unpaired) electrons. The normalized spacial score (nSPS) is 16.0. The van der Waals surface area contributed by atoms with E-state index in [4.69, 9.17) is 5.11 Å². The van der Waals surface area contributed by atoms with E-state index in [1.165, 1.54) is 24.3 Å². The summed E-state index contributed by atoms with van der Waals surface area (Å²) >= 11 is 0. The molecule has 0 saturated carbocycles. The summed E-state index contributed by atoms with van der Waals surface area (Å²) in [6.45, 7) is 0.286. The minimum Gasteiger partial charge on any atom is -0.478 e. The standard InChI is InChI=1S/C19H19FN2O3/c20-15-9-8-13-2-1-3-17(16(13)10-15)22-19(25)21-11-12-4-6-14(7-5-12)18(23)24/h4-10,17H,1-3,11H2,(H,23,24)(H2,21,22,25)/t17-/m1/s1. The molecule has 1 atom stereocenters. The van der Waals surface area contributed by atoms with E-state index in [2.05, 4.69) is 10.6 Å². The predicted molar refractivity (Wildman–Crippen MR) is 90.9 cm³/mol. The summed E-state index contributed by atoms with van der Waals surface area (Å²) in [6.07, 6.45) is 2.61. The summed E-state index contributed by atoms with van der Waals surface area (Å²) in [6, 6.07) is 10.5. The number of urea groups is 1. The molecule has 1 aliphatic rings. The Morgan fingerprint density at radius 2 is 1.92 bits per heavy atom. The minimum absolute atomic E-state index is 0.200. The van der Waals surface area contributed by atoms with Crippen LogP contribution in [0.4, 0.5) is 9.18 Å². The third-order valence-electron chi connectivity index (χ3n) is 4.38. The van der Waals surface area contributed by atoms with Crippen LogP contribution in [0.3, 0.4) is 0 Å². The van der Waals surface area contributed by atoms with Crippen LogP contribution >= 0.6 is 0 Å². The lowest BCUT2D eigenvalue weighted by atomic mass is 9.87. The molecular formula is C19H19FN2O3. The Morgan fingerprint density at radius 1 is 1.16 bits per heavy atom. The molecule has 0 unspecified atom stereocenters.